The molecular weight excluding hydrogens is 206 g/mol. The minimum atomic E-state index is 0.745. The van der Waals surface area contributed by atoms with Crippen molar-refractivity contribution in [2.24, 2.45) is 5.92 Å². The highest BCUT2D eigenvalue weighted by Gasteiger charge is 2.19. The first kappa shape index (κ1) is 12.6. The molecule has 2 atom stereocenters. The van der Waals surface area contributed by atoms with E-state index in [1.807, 2.05) is 0 Å². The molecule has 0 spiro atoms. The molecule has 0 aliphatic carbocycles. The van der Waals surface area contributed by atoms with E-state index in [4.69, 9.17) is 0 Å². The Labute approximate surface area is 106 Å². The molecule has 1 N–H and O–H groups in total. The van der Waals surface area contributed by atoms with Crippen LogP contribution in [0.15, 0.2) is 24.3 Å². The molecule has 1 heteroatoms. The molecule has 1 aliphatic heterocycles. The van der Waals surface area contributed by atoms with Gasteiger partial charge in [-0.05, 0) is 50.6 Å². The lowest BCUT2D eigenvalue weighted by atomic mass is 9.88. The molecule has 1 fully saturated rings. The standard InChI is InChI=1S/C16H25N/c1-3-14-10-11-17-16(12-14)9-8-15-6-4-13(2)5-7-15/h4-7,14,16-17H,3,8-12H2,1-2H3. The highest BCUT2D eigenvalue weighted by Crippen LogP contribution is 2.21. The predicted octanol–water partition coefficient (Wildman–Crippen LogP) is 3.71. The summed E-state index contributed by atoms with van der Waals surface area (Å²) in [6.45, 7) is 5.70. The van der Waals surface area contributed by atoms with Gasteiger partial charge in [-0.1, -0.05) is 43.2 Å². The largest absolute Gasteiger partial charge is 0.314 e. The van der Waals surface area contributed by atoms with E-state index < -0.39 is 0 Å². The van der Waals surface area contributed by atoms with Gasteiger partial charge in [0.2, 0.25) is 0 Å². The van der Waals surface area contributed by atoms with E-state index in [0.29, 0.717) is 0 Å². The van der Waals surface area contributed by atoms with Crippen LogP contribution < -0.4 is 5.32 Å². The highest BCUT2D eigenvalue weighted by molar-refractivity contribution is 5.21. The van der Waals surface area contributed by atoms with Crippen LogP contribution in [0.2, 0.25) is 0 Å². The zero-order chi connectivity index (χ0) is 12.1. The molecule has 2 rings (SSSR count). The van der Waals surface area contributed by atoms with Crippen LogP contribution in [0, 0.1) is 12.8 Å². The molecule has 94 valence electrons. The van der Waals surface area contributed by atoms with E-state index in [9.17, 15) is 0 Å². The summed E-state index contributed by atoms with van der Waals surface area (Å²) in [4.78, 5) is 0. The molecule has 1 heterocycles. The van der Waals surface area contributed by atoms with Gasteiger partial charge in [-0.2, -0.15) is 0 Å². The van der Waals surface area contributed by atoms with Crippen molar-refractivity contribution in [2.45, 2.75) is 52.0 Å². The van der Waals surface area contributed by atoms with Gasteiger partial charge in [0.1, 0.15) is 0 Å². The lowest BCUT2D eigenvalue weighted by Gasteiger charge is -2.29. The summed E-state index contributed by atoms with van der Waals surface area (Å²) < 4.78 is 0. The third-order valence-corrected chi connectivity index (χ3v) is 4.08. The third kappa shape index (κ3) is 3.85. The smallest absolute Gasteiger partial charge is 0.00728 e. The quantitative estimate of drug-likeness (QED) is 0.833. The monoisotopic (exact) mass is 231 g/mol. The maximum Gasteiger partial charge on any atom is 0.00728 e. The molecular formula is C16H25N. The van der Waals surface area contributed by atoms with E-state index in [1.165, 1.54) is 49.8 Å². The van der Waals surface area contributed by atoms with Crippen molar-refractivity contribution in [1.29, 1.82) is 0 Å². The van der Waals surface area contributed by atoms with Gasteiger partial charge in [0.05, 0.1) is 0 Å². The van der Waals surface area contributed by atoms with Gasteiger partial charge < -0.3 is 5.32 Å². The number of aryl methyl sites for hydroxylation is 2. The van der Waals surface area contributed by atoms with Gasteiger partial charge >= 0.3 is 0 Å². The molecule has 2 unspecified atom stereocenters. The maximum atomic E-state index is 3.67. The first-order valence-corrected chi connectivity index (χ1v) is 7.07. The van der Waals surface area contributed by atoms with Crippen molar-refractivity contribution in [2.75, 3.05) is 6.54 Å². The Hall–Kier alpha value is -0.820. The van der Waals surface area contributed by atoms with E-state index in [-0.39, 0.29) is 0 Å². The summed E-state index contributed by atoms with van der Waals surface area (Å²) in [7, 11) is 0. The van der Waals surface area contributed by atoms with Crippen LogP contribution in [0.5, 0.6) is 0 Å². The fraction of sp³-hybridized carbons (Fsp3) is 0.625. The Kier molecular flexibility index (Phi) is 4.61. The highest BCUT2D eigenvalue weighted by atomic mass is 14.9. The van der Waals surface area contributed by atoms with Gasteiger partial charge in [-0.3, -0.25) is 0 Å². The molecule has 1 saturated heterocycles. The summed E-state index contributed by atoms with van der Waals surface area (Å²) >= 11 is 0. The summed E-state index contributed by atoms with van der Waals surface area (Å²) in [5, 5.41) is 3.67. The first-order valence-electron chi connectivity index (χ1n) is 7.07. The summed E-state index contributed by atoms with van der Waals surface area (Å²) in [6.07, 6.45) is 6.61. The number of benzene rings is 1. The molecule has 0 bridgehead atoms. The summed E-state index contributed by atoms with van der Waals surface area (Å²) in [5.74, 6) is 0.958. The zero-order valence-corrected chi connectivity index (χ0v) is 11.2. The normalized spacial score (nSPS) is 24.8. The minimum Gasteiger partial charge on any atom is -0.314 e. The Balaban J connectivity index is 1.79. The van der Waals surface area contributed by atoms with Gasteiger partial charge in [0.25, 0.3) is 0 Å². The maximum absolute atomic E-state index is 3.67. The molecule has 0 aromatic heterocycles. The Morgan fingerprint density at radius 2 is 2.00 bits per heavy atom. The van der Waals surface area contributed by atoms with Crippen LogP contribution in [-0.4, -0.2) is 12.6 Å². The average Bonchev–Trinajstić information content (AvgIpc) is 2.38. The van der Waals surface area contributed by atoms with Crippen molar-refractivity contribution in [3.8, 4) is 0 Å². The molecule has 0 radical (unpaired) electrons. The van der Waals surface area contributed by atoms with Crippen molar-refractivity contribution >= 4 is 0 Å². The van der Waals surface area contributed by atoms with Gasteiger partial charge in [0.15, 0.2) is 0 Å². The van der Waals surface area contributed by atoms with E-state index in [0.717, 1.165) is 12.0 Å². The van der Waals surface area contributed by atoms with Gasteiger partial charge in [-0.25, -0.2) is 0 Å². The Morgan fingerprint density at radius 3 is 2.71 bits per heavy atom. The number of hydrogen-bond donors (Lipinski definition) is 1. The second kappa shape index (κ2) is 6.20. The zero-order valence-electron chi connectivity index (χ0n) is 11.2. The molecule has 1 nitrogen and oxygen atoms in total. The van der Waals surface area contributed by atoms with Crippen LogP contribution in [0.3, 0.4) is 0 Å². The Morgan fingerprint density at radius 1 is 1.24 bits per heavy atom. The molecule has 1 aliphatic rings. The van der Waals surface area contributed by atoms with Crippen LogP contribution in [0.4, 0.5) is 0 Å². The number of nitrogens with one attached hydrogen (secondary N) is 1. The predicted molar refractivity (Wildman–Crippen MR) is 74.3 cm³/mol. The topological polar surface area (TPSA) is 12.0 Å². The van der Waals surface area contributed by atoms with Crippen LogP contribution >= 0.6 is 0 Å². The third-order valence-electron chi connectivity index (χ3n) is 4.08. The van der Waals surface area contributed by atoms with Crippen LogP contribution in [0.1, 0.15) is 43.7 Å². The van der Waals surface area contributed by atoms with Crippen LogP contribution in [0.25, 0.3) is 0 Å². The van der Waals surface area contributed by atoms with Crippen molar-refractivity contribution < 1.29 is 0 Å². The molecule has 0 amide bonds. The Bertz CT molecular complexity index is 328. The average molecular weight is 231 g/mol. The fourth-order valence-electron chi connectivity index (χ4n) is 2.78. The molecule has 17 heavy (non-hydrogen) atoms. The second-order valence-electron chi connectivity index (χ2n) is 5.47. The fourth-order valence-corrected chi connectivity index (χ4v) is 2.78. The van der Waals surface area contributed by atoms with E-state index in [2.05, 4.69) is 43.4 Å². The number of piperidine rings is 1. The second-order valence-corrected chi connectivity index (χ2v) is 5.47. The lowest BCUT2D eigenvalue weighted by Crippen LogP contribution is -2.38. The van der Waals surface area contributed by atoms with E-state index in [1.54, 1.807) is 0 Å². The number of rotatable bonds is 4. The van der Waals surface area contributed by atoms with Crippen molar-refractivity contribution in [3.63, 3.8) is 0 Å². The SMILES string of the molecule is CCC1CCNC(CCc2ccc(C)cc2)C1. The van der Waals surface area contributed by atoms with Crippen molar-refractivity contribution in [3.05, 3.63) is 35.4 Å². The van der Waals surface area contributed by atoms with Gasteiger partial charge in [0, 0.05) is 6.04 Å². The lowest BCUT2D eigenvalue weighted by molar-refractivity contribution is 0.285. The van der Waals surface area contributed by atoms with Crippen molar-refractivity contribution in [1.82, 2.24) is 5.32 Å². The summed E-state index contributed by atoms with van der Waals surface area (Å²) in [5.41, 5.74) is 2.84. The molecule has 0 saturated carbocycles. The number of hydrogen-bond acceptors (Lipinski definition) is 1. The molecule has 1 aromatic rings. The minimum absolute atomic E-state index is 0.745. The first-order chi connectivity index (χ1) is 8.28. The summed E-state index contributed by atoms with van der Waals surface area (Å²) in [6, 6.07) is 9.73. The molecule has 1 aromatic carbocycles. The van der Waals surface area contributed by atoms with E-state index >= 15 is 0 Å². The van der Waals surface area contributed by atoms with Gasteiger partial charge in [-0.15, -0.1) is 0 Å². The van der Waals surface area contributed by atoms with Crippen LogP contribution in [-0.2, 0) is 6.42 Å².